The maximum Gasteiger partial charge on any atom is 0.0540 e. The number of hydrogen-bond donors (Lipinski definition) is 2. The molecule has 0 aromatic carbocycles. The first kappa shape index (κ1) is 14.3. The second kappa shape index (κ2) is 5.92. The number of rotatable bonds is 3. The topological polar surface area (TPSA) is 32.3 Å². The van der Waals surface area contributed by atoms with Crippen LogP contribution >= 0.6 is 0 Å². The Morgan fingerprint density at radius 2 is 1.78 bits per heavy atom. The summed E-state index contributed by atoms with van der Waals surface area (Å²) in [4.78, 5) is 0. The average molecular weight is 253 g/mol. The maximum absolute atomic E-state index is 9.52. The molecule has 2 nitrogen and oxygen atoms in total. The molecule has 2 N–H and O–H groups in total. The van der Waals surface area contributed by atoms with E-state index in [1.165, 1.54) is 38.6 Å². The predicted molar refractivity (Wildman–Crippen MR) is 76.6 cm³/mol. The third-order valence-electron chi connectivity index (χ3n) is 5.18. The minimum absolute atomic E-state index is 0.0179. The number of nitrogens with one attached hydrogen (secondary N) is 1. The van der Waals surface area contributed by atoms with Crippen LogP contribution in [0.15, 0.2) is 0 Å². The smallest absolute Gasteiger partial charge is 0.0540 e. The van der Waals surface area contributed by atoms with Crippen LogP contribution in [0.25, 0.3) is 0 Å². The molecule has 2 aliphatic rings. The molecule has 18 heavy (non-hydrogen) atoms. The highest BCUT2D eigenvalue weighted by Crippen LogP contribution is 2.38. The second-order valence-electron chi connectivity index (χ2n) is 7.57. The van der Waals surface area contributed by atoms with Gasteiger partial charge >= 0.3 is 0 Å². The maximum atomic E-state index is 9.52. The van der Waals surface area contributed by atoms with Gasteiger partial charge < -0.3 is 10.4 Å². The van der Waals surface area contributed by atoms with E-state index in [4.69, 9.17) is 0 Å². The van der Waals surface area contributed by atoms with Crippen LogP contribution in [0.4, 0.5) is 0 Å². The van der Waals surface area contributed by atoms with Gasteiger partial charge in [-0.3, -0.25) is 0 Å². The molecule has 2 fully saturated rings. The van der Waals surface area contributed by atoms with Gasteiger partial charge in [-0.15, -0.1) is 0 Å². The molecule has 0 spiro atoms. The Bertz CT molecular complexity index is 256. The lowest BCUT2D eigenvalue weighted by atomic mass is 9.70. The SMILES string of the molecule is CC1CC(C)(C)CCC1NCC1CCC(O)CC1. The van der Waals surface area contributed by atoms with Gasteiger partial charge in [0, 0.05) is 6.04 Å². The Labute approximate surface area is 113 Å². The van der Waals surface area contributed by atoms with Crippen molar-refractivity contribution in [3.05, 3.63) is 0 Å². The third-order valence-corrected chi connectivity index (χ3v) is 5.18. The van der Waals surface area contributed by atoms with E-state index in [9.17, 15) is 5.11 Å². The van der Waals surface area contributed by atoms with Gasteiger partial charge in [-0.05, 0) is 68.7 Å². The molecular formula is C16H31NO. The van der Waals surface area contributed by atoms with Crippen molar-refractivity contribution < 1.29 is 5.11 Å². The van der Waals surface area contributed by atoms with Crippen molar-refractivity contribution >= 4 is 0 Å². The van der Waals surface area contributed by atoms with Crippen molar-refractivity contribution in [2.24, 2.45) is 17.3 Å². The summed E-state index contributed by atoms with van der Waals surface area (Å²) in [7, 11) is 0. The minimum atomic E-state index is -0.0179. The van der Waals surface area contributed by atoms with E-state index in [0.717, 1.165) is 30.7 Å². The number of aliphatic hydroxyl groups is 1. The molecule has 0 heterocycles. The highest BCUT2D eigenvalue weighted by Gasteiger charge is 2.32. The van der Waals surface area contributed by atoms with Crippen LogP contribution in [-0.4, -0.2) is 23.8 Å². The first-order valence-corrected chi connectivity index (χ1v) is 7.88. The highest BCUT2D eigenvalue weighted by atomic mass is 16.3. The lowest BCUT2D eigenvalue weighted by Gasteiger charge is -2.40. The van der Waals surface area contributed by atoms with Gasteiger partial charge in [0.1, 0.15) is 0 Å². The first-order chi connectivity index (χ1) is 8.46. The van der Waals surface area contributed by atoms with Gasteiger partial charge in [0.25, 0.3) is 0 Å². The van der Waals surface area contributed by atoms with Crippen molar-refractivity contribution in [1.29, 1.82) is 0 Å². The van der Waals surface area contributed by atoms with E-state index >= 15 is 0 Å². The third kappa shape index (κ3) is 3.96. The van der Waals surface area contributed by atoms with E-state index in [2.05, 4.69) is 26.1 Å². The summed E-state index contributed by atoms with van der Waals surface area (Å²) >= 11 is 0. The van der Waals surface area contributed by atoms with Crippen molar-refractivity contribution in [2.75, 3.05) is 6.54 Å². The molecule has 0 aromatic heterocycles. The monoisotopic (exact) mass is 253 g/mol. The summed E-state index contributed by atoms with van der Waals surface area (Å²) in [6.07, 6.45) is 8.48. The van der Waals surface area contributed by atoms with Gasteiger partial charge in [0.05, 0.1) is 6.10 Å². The number of aliphatic hydroxyl groups excluding tert-OH is 1. The van der Waals surface area contributed by atoms with Gasteiger partial charge in [0.15, 0.2) is 0 Å². The van der Waals surface area contributed by atoms with Crippen molar-refractivity contribution in [3.63, 3.8) is 0 Å². The van der Waals surface area contributed by atoms with Gasteiger partial charge in [-0.2, -0.15) is 0 Å². The zero-order valence-electron chi connectivity index (χ0n) is 12.4. The van der Waals surface area contributed by atoms with Crippen LogP contribution in [0, 0.1) is 17.3 Å². The van der Waals surface area contributed by atoms with E-state index < -0.39 is 0 Å². The summed E-state index contributed by atoms with van der Waals surface area (Å²) in [5, 5.41) is 13.3. The van der Waals surface area contributed by atoms with E-state index in [-0.39, 0.29) is 6.10 Å². The summed E-state index contributed by atoms with van der Waals surface area (Å²) < 4.78 is 0. The Morgan fingerprint density at radius 1 is 1.11 bits per heavy atom. The fourth-order valence-electron chi connectivity index (χ4n) is 3.92. The molecular weight excluding hydrogens is 222 g/mol. The predicted octanol–water partition coefficient (Wildman–Crippen LogP) is 3.34. The summed E-state index contributed by atoms with van der Waals surface area (Å²) in [5.74, 6) is 1.61. The Morgan fingerprint density at radius 3 is 2.39 bits per heavy atom. The Balaban J connectivity index is 1.71. The molecule has 0 aromatic rings. The molecule has 0 saturated heterocycles. The van der Waals surface area contributed by atoms with Gasteiger partial charge in [0.2, 0.25) is 0 Å². The molecule has 2 atom stereocenters. The highest BCUT2D eigenvalue weighted by molar-refractivity contribution is 4.87. The molecule has 2 saturated carbocycles. The van der Waals surface area contributed by atoms with Crippen molar-refractivity contribution in [3.8, 4) is 0 Å². The Kier molecular flexibility index (Phi) is 4.71. The van der Waals surface area contributed by atoms with Crippen LogP contribution in [0.1, 0.15) is 65.7 Å². The largest absolute Gasteiger partial charge is 0.393 e. The molecule has 0 bridgehead atoms. The van der Waals surface area contributed by atoms with Crippen LogP contribution in [0.5, 0.6) is 0 Å². The van der Waals surface area contributed by atoms with Crippen LogP contribution in [-0.2, 0) is 0 Å². The molecule has 0 aliphatic heterocycles. The molecule has 0 amide bonds. The minimum Gasteiger partial charge on any atom is -0.393 e. The standard InChI is InChI=1S/C16H31NO/c1-12-10-16(2,3)9-8-15(12)17-11-13-4-6-14(18)7-5-13/h12-15,17-18H,4-11H2,1-3H3. The summed E-state index contributed by atoms with van der Waals surface area (Å²) in [5.41, 5.74) is 0.548. The van der Waals surface area contributed by atoms with Crippen molar-refractivity contribution in [2.45, 2.75) is 77.9 Å². The van der Waals surface area contributed by atoms with Gasteiger partial charge in [-0.1, -0.05) is 20.8 Å². The van der Waals surface area contributed by atoms with Gasteiger partial charge in [-0.25, -0.2) is 0 Å². The molecule has 2 rings (SSSR count). The molecule has 2 aliphatic carbocycles. The summed E-state index contributed by atoms with van der Waals surface area (Å²) in [6.45, 7) is 8.38. The first-order valence-electron chi connectivity index (χ1n) is 7.88. The molecule has 2 unspecified atom stereocenters. The normalized spacial score (nSPS) is 40.7. The van der Waals surface area contributed by atoms with E-state index in [0.29, 0.717) is 5.41 Å². The average Bonchev–Trinajstić information content (AvgIpc) is 2.29. The lowest BCUT2D eigenvalue weighted by Crippen LogP contribution is -2.43. The van der Waals surface area contributed by atoms with Crippen LogP contribution in [0.3, 0.4) is 0 Å². The quantitative estimate of drug-likeness (QED) is 0.808. The Hall–Kier alpha value is -0.0800. The fourth-order valence-corrected chi connectivity index (χ4v) is 3.92. The van der Waals surface area contributed by atoms with E-state index in [1.54, 1.807) is 0 Å². The van der Waals surface area contributed by atoms with Crippen molar-refractivity contribution in [1.82, 2.24) is 5.32 Å². The fraction of sp³-hybridized carbons (Fsp3) is 1.00. The summed E-state index contributed by atoms with van der Waals surface area (Å²) in [6, 6.07) is 0.727. The molecule has 106 valence electrons. The molecule has 2 heteroatoms. The zero-order chi connectivity index (χ0) is 13.2. The molecule has 0 radical (unpaired) electrons. The van der Waals surface area contributed by atoms with Crippen LogP contribution in [0.2, 0.25) is 0 Å². The van der Waals surface area contributed by atoms with Crippen LogP contribution < -0.4 is 5.32 Å². The zero-order valence-corrected chi connectivity index (χ0v) is 12.4. The van der Waals surface area contributed by atoms with E-state index in [1.807, 2.05) is 0 Å². The lowest BCUT2D eigenvalue weighted by molar-refractivity contribution is 0.101. The number of hydrogen-bond acceptors (Lipinski definition) is 2. The second-order valence-corrected chi connectivity index (χ2v) is 7.57.